The molecule has 49 heavy (non-hydrogen) atoms. The molecule has 3 heteroatoms. The number of fused-ring (bicyclic) bond motifs is 1. The number of pyridine rings is 3. The summed E-state index contributed by atoms with van der Waals surface area (Å²) in [5, 5.41) is 2.39. The predicted octanol–water partition coefficient (Wildman–Crippen LogP) is 11.1. The highest BCUT2D eigenvalue weighted by atomic mass is 14.8. The molecule has 0 aliphatic heterocycles. The van der Waals surface area contributed by atoms with Crippen LogP contribution >= 0.6 is 0 Å². The van der Waals surface area contributed by atoms with E-state index in [-0.39, 0.29) is 0 Å². The highest BCUT2D eigenvalue weighted by molar-refractivity contribution is 5.96. The summed E-state index contributed by atoms with van der Waals surface area (Å²) < 4.78 is 0. The molecule has 3 nitrogen and oxygen atoms in total. The highest BCUT2D eigenvalue weighted by Crippen LogP contribution is 2.43. The third-order valence-electron chi connectivity index (χ3n) is 11.0. The van der Waals surface area contributed by atoms with Gasteiger partial charge in [-0.05, 0) is 96.6 Å². The fraction of sp³-hybridized carbons (Fsp3) is 0.196. The van der Waals surface area contributed by atoms with Gasteiger partial charge in [0.15, 0.2) is 0 Å². The van der Waals surface area contributed by atoms with Crippen LogP contribution in [0.25, 0.3) is 22.0 Å². The maximum absolute atomic E-state index is 5.64. The van der Waals surface area contributed by atoms with Gasteiger partial charge in [-0.2, -0.15) is 0 Å². The molecule has 0 N–H and O–H groups in total. The fourth-order valence-electron chi connectivity index (χ4n) is 7.99. The van der Waals surface area contributed by atoms with Crippen molar-refractivity contribution in [1.29, 1.82) is 0 Å². The van der Waals surface area contributed by atoms with Gasteiger partial charge in [0, 0.05) is 23.3 Å². The number of hydrogen-bond donors (Lipinski definition) is 0. The number of rotatable bonds is 8. The van der Waals surface area contributed by atoms with Gasteiger partial charge in [0.2, 0.25) is 0 Å². The Morgan fingerprint density at radius 1 is 0.510 bits per heavy atom. The molecule has 1 aliphatic carbocycles. The molecule has 7 aromatic rings. The van der Waals surface area contributed by atoms with E-state index < -0.39 is 10.8 Å². The van der Waals surface area contributed by atoms with Crippen LogP contribution in [0.5, 0.6) is 0 Å². The van der Waals surface area contributed by atoms with Gasteiger partial charge in [-0.15, -0.1) is 0 Å². The Kier molecular flexibility index (Phi) is 8.13. The molecule has 1 unspecified atom stereocenters. The molecule has 3 heterocycles. The van der Waals surface area contributed by atoms with Crippen molar-refractivity contribution in [3.8, 4) is 11.3 Å². The van der Waals surface area contributed by atoms with Gasteiger partial charge in [0.05, 0.1) is 33.6 Å². The summed E-state index contributed by atoms with van der Waals surface area (Å²) in [6, 6.07) is 52.2. The van der Waals surface area contributed by atoms with Gasteiger partial charge in [0.25, 0.3) is 0 Å². The van der Waals surface area contributed by atoms with E-state index in [4.69, 9.17) is 15.0 Å². The van der Waals surface area contributed by atoms with Crippen LogP contribution in [0.15, 0.2) is 158 Å². The molecule has 0 amide bonds. The average Bonchev–Trinajstić information content (AvgIpc) is 3.73. The fourth-order valence-corrected chi connectivity index (χ4v) is 7.99. The number of benzene rings is 4. The molecule has 1 aliphatic rings. The molecule has 1 saturated carbocycles. The molecule has 3 aromatic heterocycles. The van der Waals surface area contributed by atoms with E-state index in [1.165, 1.54) is 58.7 Å². The summed E-state index contributed by atoms with van der Waals surface area (Å²) in [7, 11) is 0. The van der Waals surface area contributed by atoms with Crippen molar-refractivity contribution in [3.63, 3.8) is 0 Å². The quantitative estimate of drug-likeness (QED) is 0.167. The summed E-state index contributed by atoms with van der Waals surface area (Å²) in [5.74, 6) is 0.619. The van der Waals surface area contributed by atoms with Gasteiger partial charge in [0.1, 0.15) is 0 Å². The summed E-state index contributed by atoms with van der Waals surface area (Å²) >= 11 is 0. The van der Waals surface area contributed by atoms with E-state index in [0.717, 1.165) is 28.3 Å². The maximum atomic E-state index is 5.64. The molecule has 8 rings (SSSR count). The lowest BCUT2D eigenvalue weighted by atomic mass is 9.73. The van der Waals surface area contributed by atoms with Crippen LogP contribution < -0.4 is 0 Å². The first kappa shape index (κ1) is 30.9. The molecule has 240 valence electrons. The minimum atomic E-state index is -0.570. The Bertz CT molecular complexity index is 2110. The van der Waals surface area contributed by atoms with E-state index in [1.807, 2.05) is 24.5 Å². The Hall–Kier alpha value is -5.41. The monoisotopic (exact) mass is 635 g/mol. The largest absolute Gasteiger partial charge is 0.260 e. The lowest BCUT2D eigenvalue weighted by molar-refractivity contribution is 0.643. The molecule has 2 atom stereocenters. The van der Waals surface area contributed by atoms with Crippen LogP contribution in [-0.2, 0) is 10.8 Å². The highest BCUT2D eigenvalue weighted by Gasteiger charge is 2.36. The van der Waals surface area contributed by atoms with Crippen molar-refractivity contribution in [1.82, 2.24) is 15.0 Å². The van der Waals surface area contributed by atoms with Crippen LogP contribution in [0, 0.1) is 0 Å². The van der Waals surface area contributed by atoms with Crippen LogP contribution in [0.3, 0.4) is 0 Å². The first-order chi connectivity index (χ1) is 24.0. The topological polar surface area (TPSA) is 38.7 Å². The van der Waals surface area contributed by atoms with Crippen LogP contribution in [0.4, 0.5) is 0 Å². The molecule has 1 fully saturated rings. The zero-order valence-electron chi connectivity index (χ0n) is 28.3. The van der Waals surface area contributed by atoms with Crippen molar-refractivity contribution in [2.45, 2.75) is 56.3 Å². The smallest absolute Gasteiger partial charge is 0.0784 e. The summed E-state index contributed by atoms with van der Waals surface area (Å²) in [6.45, 7) is 4.56. The molecule has 0 radical (unpaired) electrons. The minimum absolute atomic E-state index is 0.464. The van der Waals surface area contributed by atoms with Crippen LogP contribution in [0.1, 0.15) is 84.8 Å². The number of nitrogens with zero attached hydrogens (tertiary/aromatic N) is 3. The molecular weight excluding hydrogens is 595 g/mol. The second-order valence-corrected chi connectivity index (χ2v) is 13.8. The Balaban J connectivity index is 1.38. The van der Waals surface area contributed by atoms with Crippen molar-refractivity contribution >= 4 is 10.8 Å². The summed E-state index contributed by atoms with van der Waals surface area (Å²) in [5.41, 5.74) is 9.00. The van der Waals surface area contributed by atoms with E-state index in [2.05, 4.69) is 147 Å². The molecule has 0 bridgehead atoms. The molecular formula is C46H41N3. The third kappa shape index (κ3) is 5.54. The minimum Gasteiger partial charge on any atom is -0.260 e. The van der Waals surface area contributed by atoms with Gasteiger partial charge in [-0.1, -0.05) is 122 Å². The third-order valence-corrected chi connectivity index (χ3v) is 11.0. The van der Waals surface area contributed by atoms with E-state index in [1.54, 1.807) is 0 Å². The van der Waals surface area contributed by atoms with Gasteiger partial charge < -0.3 is 0 Å². The lowest BCUT2D eigenvalue weighted by Crippen LogP contribution is -2.28. The van der Waals surface area contributed by atoms with E-state index >= 15 is 0 Å². The zero-order valence-corrected chi connectivity index (χ0v) is 28.3. The number of aromatic nitrogens is 3. The molecule has 4 aromatic carbocycles. The van der Waals surface area contributed by atoms with Crippen molar-refractivity contribution < 1.29 is 0 Å². The Morgan fingerprint density at radius 3 is 1.73 bits per heavy atom. The standard InChI is InChI=1S/C46H41N3/c1-45(37-19-5-3-6-20-37,41-24-11-13-28-47-41)39-23-15-18-35(31-39)44-40-27-26-34(33-16-9-10-17-33)30-36(40)32-43(49-44)46(2,38-21-7-4-8-22-38)42-25-12-14-29-48-42/h3-8,11-15,18-33H,9-10,16-17H2,1-2H3/t45?,46-/m1/s1. The Labute approximate surface area is 289 Å². The van der Waals surface area contributed by atoms with Crippen molar-refractivity contribution in [2.24, 2.45) is 0 Å². The van der Waals surface area contributed by atoms with Gasteiger partial charge in [-0.25, -0.2) is 0 Å². The van der Waals surface area contributed by atoms with Crippen LogP contribution in [0.2, 0.25) is 0 Å². The second-order valence-electron chi connectivity index (χ2n) is 13.8. The van der Waals surface area contributed by atoms with Crippen LogP contribution in [-0.4, -0.2) is 15.0 Å². The first-order valence-corrected chi connectivity index (χ1v) is 17.6. The van der Waals surface area contributed by atoms with E-state index in [9.17, 15) is 0 Å². The summed E-state index contributed by atoms with van der Waals surface area (Å²) in [4.78, 5) is 15.5. The Morgan fingerprint density at radius 2 is 1.10 bits per heavy atom. The van der Waals surface area contributed by atoms with Gasteiger partial charge >= 0.3 is 0 Å². The molecule has 0 spiro atoms. The maximum Gasteiger partial charge on any atom is 0.0784 e. The van der Waals surface area contributed by atoms with Gasteiger partial charge in [-0.3, -0.25) is 15.0 Å². The SMILES string of the molecule is CC(c1ccccc1)(c1cccc(-c2nc([C@](C)(c3ccccc3)c3ccccn3)cc3cc(C4CCCC4)ccc23)c1)c1ccccn1. The predicted molar refractivity (Wildman–Crippen MR) is 201 cm³/mol. The average molecular weight is 636 g/mol. The van der Waals surface area contributed by atoms with Crippen molar-refractivity contribution in [3.05, 3.63) is 197 Å². The lowest BCUT2D eigenvalue weighted by Gasteiger charge is -2.32. The first-order valence-electron chi connectivity index (χ1n) is 17.6. The van der Waals surface area contributed by atoms with E-state index in [0.29, 0.717) is 5.92 Å². The second kappa shape index (κ2) is 12.9. The zero-order chi connectivity index (χ0) is 33.3. The normalized spacial score (nSPS) is 15.9. The van der Waals surface area contributed by atoms with Crippen molar-refractivity contribution in [2.75, 3.05) is 0 Å². The molecule has 0 saturated heterocycles. The summed E-state index contributed by atoms with van der Waals surface area (Å²) in [6.07, 6.45) is 8.93. The number of hydrogen-bond acceptors (Lipinski definition) is 3.